The van der Waals surface area contributed by atoms with Crippen LogP contribution < -0.4 is 16.4 Å². The number of ether oxygens (including phenoxy) is 1. The van der Waals surface area contributed by atoms with Gasteiger partial charge in [-0.2, -0.15) is 4.31 Å². The number of nitrogens with two attached hydrogens (primary N) is 1. The number of sulfonamides is 1. The van der Waals surface area contributed by atoms with Gasteiger partial charge < -0.3 is 21.1 Å². The van der Waals surface area contributed by atoms with Crippen molar-refractivity contribution in [2.24, 2.45) is 11.7 Å². The van der Waals surface area contributed by atoms with E-state index in [1.54, 1.807) is 36.4 Å². The Balaban J connectivity index is 1.28. The maximum Gasteiger partial charge on any atom is 0.243 e. The molecule has 5 atom stereocenters. The van der Waals surface area contributed by atoms with Gasteiger partial charge in [-0.05, 0) is 80.5 Å². The highest BCUT2D eigenvalue weighted by atomic mass is 32.2. The van der Waals surface area contributed by atoms with Crippen LogP contribution in [-0.2, 0) is 26.0 Å². The highest BCUT2D eigenvalue weighted by Crippen LogP contribution is 2.34. The molecule has 3 aromatic rings. The number of nitrogens with one attached hydrogen (secondary N) is 2. The molecule has 8 nitrogen and oxygen atoms in total. The second-order valence-electron chi connectivity index (χ2n) is 11.4. The second kappa shape index (κ2) is 13.8. The van der Waals surface area contributed by atoms with Crippen LogP contribution in [0.5, 0.6) is 0 Å². The van der Waals surface area contributed by atoms with Crippen LogP contribution in [0.1, 0.15) is 43.4 Å². The minimum absolute atomic E-state index is 0.173. The van der Waals surface area contributed by atoms with E-state index in [1.165, 1.54) is 22.5 Å². The Morgan fingerprint density at radius 2 is 1.82 bits per heavy atom. The minimum atomic E-state index is -3.79. The summed E-state index contributed by atoms with van der Waals surface area (Å²) in [6.45, 7) is 3.02. The lowest BCUT2D eigenvalue weighted by atomic mass is 9.86. The molecule has 2 aliphatic heterocycles. The summed E-state index contributed by atoms with van der Waals surface area (Å²) >= 11 is 0. The molecule has 44 heavy (non-hydrogen) atoms. The summed E-state index contributed by atoms with van der Waals surface area (Å²) in [5.74, 6) is -3.27. The Morgan fingerprint density at radius 1 is 1.05 bits per heavy atom. The third-order valence-corrected chi connectivity index (χ3v) is 10.6. The zero-order valence-electron chi connectivity index (χ0n) is 24.4. The molecule has 2 aliphatic rings. The quantitative estimate of drug-likeness (QED) is 0.321. The number of carbonyl (C=O) groups is 1. The summed E-state index contributed by atoms with van der Waals surface area (Å²) in [7, 11) is -3.79. The number of amides is 1. The first-order chi connectivity index (χ1) is 21.1. The van der Waals surface area contributed by atoms with E-state index in [4.69, 9.17) is 10.5 Å². The minimum Gasteiger partial charge on any atom is -0.374 e. The number of benzene rings is 3. The SMILES string of the molecule is C[C@@H]1CNC[C@H](CCc2c(F)cccc2NC(=O)[C@@H](N)[C@H]2CCO[C@H](c3ccc(F)c(F)c3)C2)N1S(=O)(=O)c1ccccc1. The summed E-state index contributed by atoms with van der Waals surface area (Å²) in [5.41, 5.74) is 7.36. The van der Waals surface area contributed by atoms with Gasteiger partial charge in [-0.25, -0.2) is 21.6 Å². The third kappa shape index (κ3) is 7.00. The first kappa shape index (κ1) is 32.1. The molecule has 2 saturated heterocycles. The molecular formula is C32H37F3N4O4S. The number of piperazine rings is 1. The van der Waals surface area contributed by atoms with E-state index >= 15 is 4.39 Å². The van der Waals surface area contributed by atoms with Crippen molar-refractivity contribution in [2.75, 3.05) is 25.0 Å². The second-order valence-corrected chi connectivity index (χ2v) is 13.3. The maximum atomic E-state index is 15.2. The van der Waals surface area contributed by atoms with E-state index in [9.17, 15) is 22.0 Å². The van der Waals surface area contributed by atoms with Gasteiger partial charge in [-0.1, -0.05) is 30.3 Å². The van der Waals surface area contributed by atoms with E-state index < -0.39 is 51.6 Å². The Kier molecular flexibility index (Phi) is 10.1. The zero-order valence-corrected chi connectivity index (χ0v) is 25.2. The molecule has 4 N–H and O–H groups in total. The molecule has 1 amide bonds. The topological polar surface area (TPSA) is 114 Å². The van der Waals surface area contributed by atoms with Crippen molar-refractivity contribution in [1.29, 1.82) is 0 Å². The summed E-state index contributed by atoms with van der Waals surface area (Å²) in [6.07, 6.45) is 0.758. The predicted molar refractivity (Wildman–Crippen MR) is 161 cm³/mol. The smallest absolute Gasteiger partial charge is 0.243 e. The van der Waals surface area contributed by atoms with Crippen molar-refractivity contribution in [3.63, 3.8) is 0 Å². The van der Waals surface area contributed by atoms with Gasteiger partial charge in [0.15, 0.2) is 11.6 Å². The van der Waals surface area contributed by atoms with Crippen LogP contribution in [-0.4, -0.2) is 56.5 Å². The van der Waals surface area contributed by atoms with E-state index in [1.807, 2.05) is 6.92 Å². The Hall–Kier alpha value is -3.29. The van der Waals surface area contributed by atoms with E-state index in [0.29, 0.717) is 37.9 Å². The number of halogens is 3. The molecule has 2 fully saturated rings. The molecule has 0 unspecified atom stereocenters. The van der Waals surface area contributed by atoms with Crippen LogP contribution in [0.25, 0.3) is 0 Å². The molecule has 0 radical (unpaired) electrons. The van der Waals surface area contributed by atoms with Gasteiger partial charge in [0.05, 0.1) is 17.0 Å². The van der Waals surface area contributed by atoms with Crippen LogP contribution in [0.3, 0.4) is 0 Å². The number of hydrogen-bond donors (Lipinski definition) is 3. The number of rotatable bonds is 9. The molecule has 5 rings (SSSR count). The highest BCUT2D eigenvalue weighted by Gasteiger charge is 2.38. The molecule has 0 aromatic heterocycles. The average Bonchev–Trinajstić information content (AvgIpc) is 3.02. The third-order valence-electron chi connectivity index (χ3n) is 8.49. The monoisotopic (exact) mass is 630 g/mol. The van der Waals surface area contributed by atoms with Crippen LogP contribution in [0.15, 0.2) is 71.6 Å². The molecule has 0 saturated carbocycles. The van der Waals surface area contributed by atoms with Gasteiger partial charge >= 0.3 is 0 Å². The van der Waals surface area contributed by atoms with E-state index in [2.05, 4.69) is 10.6 Å². The summed E-state index contributed by atoms with van der Waals surface area (Å²) in [4.78, 5) is 13.5. The number of carbonyl (C=O) groups excluding carboxylic acids is 1. The molecule has 236 valence electrons. The zero-order chi connectivity index (χ0) is 31.4. The summed E-state index contributed by atoms with van der Waals surface area (Å²) in [5, 5.41) is 6.05. The van der Waals surface area contributed by atoms with Crippen molar-refractivity contribution in [3.05, 3.63) is 95.3 Å². The van der Waals surface area contributed by atoms with Gasteiger partial charge in [0, 0.05) is 43.0 Å². The fraction of sp³-hybridized carbons (Fsp3) is 0.406. The van der Waals surface area contributed by atoms with E-state index in [0.717, 1.165) is 12.1 Å². The Morgan fingerprint density at radius 3 is 2.57 bits per heavy atom. The first-order valence-corrected chi connectivity index (χ1v) is 16.2. The largest absolute Gasteiger partial charge is 0.374 e. The fourth-order valence-corrected chi connectivity index (χ4v) is 8.01. The Labute approximate surface area is 255 Å². The van der Waals surface area contributed by atoms with Gasteiger partial charge in [0.2, 0.25) is 15.9 Å². The standard InChI is InChI=1S/C32H37F3N4O4S/c1-20-18-37-19-23(39(20)44(41,42)24-6-3-2-4-7-24)11-12-25-26(33)8-5-9-29(25)38-32(40)31(36)22-14-15-43-30(17-22)21-10-13-27(34)28(35)16-21/h2-10,13,16,20,22-23,30-31,37H,11-12,14-15,17-19,36H2,1H3,(H,38,40)/t20-,22+,23+,30+,31+/m1/s1. The van der Waals surface area contributed by atoms with Crippen molar-refractivity contribution < 1.29 is 31.1 Å². The number of anilines is 1. The van der Waals surface area contributed by atoms with E-state index in [-0.39, 0.29) is 41.1 Å². The van der Waals surface area contributed by atoms with Crippen molar-refractivity contribution in [3.8, 4) is 0 Å². The first-order valence-electron chi connectivity index (χ1n) is 14.8. The fourth-order valence-electron chi connectivity index (χ4n) is 6.14. The Bertz CT molecular complexity index is 1580. The van der Waals surface area contributed by atoms with Gasteiger partial charge in [0.1, 0.15) is 5.82 Å². The van der Waals surface area contributed by atoms with Crippen LogP contribution in [0.4, 0.5) is 18.9 Å². The molecule has 0 aliphatic carbocycles. The number of nitrogens with zero attached hydrogens (tertiary/aromatic N) is 1. The van der Waals surface area contributed by atoms with Crippen molar-refractivity contribution in [2.45, 2.75) is 61.7 Å². The van der Waals surface area contributed by atoms with Crippen LogP contribution in [0.2, 0.25) is 0 Å². The molecule has 12 heteroatoms. The molecule has 0 spiro atoms. The van der Waals surface area contributed by atoms with Crippen LogP contribution >= 0.6 is 0 Å². The summed E-state index contributed by atoms with van der Waals surface area (Å²) in [6, 6.07) is 14.5. The van der Waals surface area contributed by atoms with Crippen LogP contribution in [0, 0.1) is 23.4 Å². The van der Waals surface area contributed by atoms with Gasteiger partial charge in [-0.15, -0.1) is 0 Å². The lowest BCUT2D eigenvalue weighted by Crippen LogP contribution is -2.58. The molecule has 3 aromatic carbocycles. The van der Waals surface area contributed by atoms with Gasteiger partial charge in [-0.3, -0.25) is 4.79 Å². The maximum absolute atomic E-state index is 15.2. The van der Waals surface area contributed by atoms with Crippen molar-refractivity contribution >= 4 is 21.6 Å². The summed E-state index contributed by atoms with van der Waals surface area (Å²) < 4.78 is 76.8. The van der Waals surface area contributed by atoms with Crippen molar-refractivity contribution in [1.82, 2.24) is 9.62 Å². The predicted octanol–water partition coefficient (Wildman–Crippen LogP) is 4.52. The average molecular weight is 631 g/mol. The highest BCUT2D eigenvalue weighted by molar-refractivity contribution is 7.89. The number of hydrogen-bond acceptors (Lipinski definition) is 6. The molecule has 0 bridgehead atoms. The van der Waals surface area contributed by atoms with Gasteiger partial charge in [0.25, 0.3) is 0 Å². The lowest BCUT2D eigenvalue weighted by molar-refractivity contribution is -0.120. The molecule has 2 heterocycles. The lowest BCUT2D eigenvalue weighted by Gasteiger charge is -2.40. The molecular weight excluding hydrogens is 593 g/mol. The normalized spacial score (nSPS) is 23.7.